The smallest absolute Gasteiger partial charge is 0.251 e. The summed E-state index contributed by atoms with van der Waals surface area (Å²) in [6.07, 6.45) is 5.86. The van der Waals surface area contributed by atoms with Crippen molar-refractivity contribution in [3.63, 3.8) is 0 Å². The number of aromatic nitrogens is 1. The maximum atomic E-state index is 12.7. The number of hydrogen-bond donors (Lipinski definition) is 3. The Kier molecular flexibility index (Phi) is 6.99. The van der Waals surface area contributed by atoms with Crippen molar-refractivity contribution in [2.45, 2.75) is 50.4 Å². The Morgan fingerprint density at radius 3 is 2.59 bits per heavy atom. The standard InChI is InChI=1S/C24H29FN4O3/c25-11-16-2-1-3-18(10-16)24(32)27-13-23(31)28-19-14-29(15-19)20-6-4-17(5-7-20)22-9-8-21(30)12-26-22/h1-3,8-10,12,17,19-20,30H,4-7,11,13-15H2,(H,27,32)(H,28,31). The molecule has 4 rings (SSSR count). The van der Waals surface area contributed by atoms with Gasteiger partial charge in [0.25, 0.3) is 5.91 Å². The van der Waals surface area contributed by atoms with Crippen LogP contribution in [0.15, 0.2) is 42.6 Å². The number of aromatic hydroxyl groups is 1. The Bertz CT molecular complexity index is 939. The Balaban J connectivity index is 1.14. The van der Waals surface area contributed by atoms with Gasteiger partial charge in [-0.2, -0.15) is 0 Å². The van der Waals surface area contributed by atoms with Gasteiger partial charge in [-0.05, 0) is 55.5 Å². The molecular formula is C24H29FN4O3. The largest absolute Gasteiger partial charge is 0.506 e. The molecule has 1 aliphatic carbocycles. The van der Waals surface area contributed by atoms with Crippen LogP contribution in [0.5, 0.6) is 5.75 Å². The number of nitrogens with zero attached hydrogens (tertiary/aromatic N) is 2. The molecule has 2 amide bonds. The second-order valence-corrected chi connectivity index (χ2v) is 8.68. The quantitative estimate of drug-likeness (QED) is 0.615. The minimum Gasteiger partial charge on any atom is -0.506 e. The number of carbonyl (C=O) groups is 2. The van der Waals surface area contributed by atoms with E-state index >= 15 is 0 Å². The highest BCUT2D eigenvalue weighted by Crippen LogP contribution is 2.35. The first kappa shape index (κ1) is 22.2. The third-order valence-corrected chi connectivity index (χ3v) is 6.43. The van der Waals surface area contributed by atoms with Crippen molar-refractivity contribution in [1.82, 2.24) is 20.5 Å². The fraction of sp³-hybridized carbons (Fsp3) is 0.458. The zero-order valence-electron chi connectivity index (χ0n) is 18.0. The molecule has 1 aliphatic heterocycles. The Labute approximate surface area is 187 Å². The number of halogens is 1. The average molecular weight is 441 g/mol. The molecule has 8 heteroatoms. The van der Waals surface area contributed by atoms with Crippen molar-refractivity contribution in [3.8, 4) is 5.75 Å². The third-order valence-electron chi connectivity index (χ3n) is 6.43. The number of pyridine rings is 1. The van der Waals surface area contributed by atoms with Crippen molar-refractivity contribution >= 4 is 11.8 Å². The molecular weight excluding hydrogens is 411 g/mol. The van der Waals surface area contributed by atoms with Crippen LogP contribution in [-0.2, 0) is 11.5 Å². The lowest BCUT2D eigenvalue weighted by Crippen LogP contribution is -2.63. The number of hydrogen-bond acceptors (Lipinski definition) is 5. The van der Waals surface area contributed by atoms with Gasteiger partial charge >= 0.3 is 0 Å². The highest BCUT2D eigenvalue weighted by molar-refractivity contribution is 5.96. The van der Waals surface area contributed by atoms with Crippen LogP contribution in [0.4, 0.5) is 4.39 Å². The zero-order chi connectivity index (χ0) is 22.5. The predicted octanol–water partition coefficient (Wildman–Crippen LogP) is 2.51. The van der Waals surface area contributed by atoms with Crippen molar-refractivity contribution < 1.29 is 19.1 Å². The second kappa shape index (κ2) is 10.1. The number of benzene rings is 1. The summed E-state index contributed by atoms with van der Waals surface area (Å²) in [6.45, 7) is 0.922. The van der Waals surface area contributed by atoms with Crippen molar-refractivity contribution in [1.29, 1.82) is 0 Å². The summed E-state index contributed by atoms with van der Waals surface area (Å²) in [4.78, 5) is 31.1. The molecule has 0 spiro atoms. The van der Waals surface area contributed by atoms with Crippen LogP contribution in [0.3, 0.4) is 0 Å². The van der Waals surface area contributed by atoms with E-state index < -0.39 is 6.67 Å². The molecule has 2 aliphatic rings. The predicted molar refractivity (Wildman–Crippen MR) is 118 cm³/mol. The lowest BCUT2D eigenvalue weighted by molar-refractivity contribution is -0.122. The van der Waals surface area contributed by atoms with Crippen LogP contribution in [-0.4, -0.2) is 58.5 Å². The molecule has 1 saturated heterocycles. The highest BCUT2D eigenvalue weighted by atomic mass is 19.1. The lowest BCUT2D eigenvalue weighted by atomic mass is 9.82. The Morgan fingerprint density at radius 2 is 1.91 bits per heavy atom. The van der Waals surface area contributed by atoms with Crippen LogP contribution < -0.4 is 10.6 Å². The van der Waals surface area contributed by atoms with Crippen LogP contribution in [0, 0.1) is 0 Å². The van der Waals surface area contributed by atoms with Gasteiger partial charge < -0.3 is 15.7 Å². The van der Waals surface area contributed by atoms with E-state index in [9.17, 15) is 19.1 Å². The normalized spacial score (nSPS) is 21.5. The molecule has 0 bridgehead atoms. The van der Waals surface area contributed by atoms with E-state index in [4.69, 9.17) is 0 Å². The molecule has 7 nitrogen and oxygen atoms in total. The van der Waals surface area contributed by atoms with E-state index in [1.165, 1.54) is 12.3 Å². The van der Waals surface area contributed by atoms with Crippen molar-refractivity contribution in [3.05, 3.63) is 59.4 Å². The van der Waals surface area contributed by atoms with Crippen LogP contribution >= 0.6 is 0 Å². The highest BCUT2D eigenvalue weighted by Gasteiger charge is 2.35. The molecule has 2 heterocycles. The minimum absolute atomic E-state index is 0.0973. The summed E-state index contributed by atoms with van der Waals surface area (Å²) >= 11 is 0. The summed E-state index contributed by atoms with van der Waals surface area (Å²) in [6, 6.07) is 10.6. The molecule has 1 saturated carbocycles. The zero-order valence-corrected chi connectivity index (χ0v) is 18.0. The Morgan fingerprint density at radius 1 is 1.12 bits per heavy atom. The van der Waals surface area contributed by atoms with Gasteiger partial charge in [0.2, 0.25) is 5.91 Å². The van der Waals surface area contributed by atoms with Gasteiger partial charge in [0, 0.05) is 36.3 Å². The van der Waals surface area contributed by atoms with E-state index in [0.29, 0.717) is 23.1 Å². The van der Waals surface area contributed by atoms with Crippen LogP contribution in [0.25, 0.3) is 0 Å². The number of amides is 2. The van der Waals surface area contributed by atoms with E-state index in [0.717, 1.165) is 44.5 Å². The lowest BCUT2D eigenvalue weighted by Gasteiger charge is -2.46. The molecule has 170 valence electrons. The number of carbonyl (C=O) groups excluding carboxylic acids is 2. The molecule has 0 radical (unpaired) electrons. The van der Waals surface area contributed by atoms with Gasteiger partial charge in [-0.25, -0.2) is 4.39 Å². The topological polar surface area (TPSA) is 94.6 Å². The number of likely N-dealkylation sites (tertiary alicyclic amines) is 1. The van der Waals surface area contributed by atoms with Gasteiger partial charge in [-0.15, -0.1) is 0 Å². The SMILES string of the molecule is O=C(CNC(=O)c1cccc(CF)c1)NC1CN(C2CCC(c3ccc(O)cn3)CC2)C1. The molecule has 2 fully saturated rings. The molecule has 2 aromatic rings. The molecule has 1 aromatic carbocycles. The second-order valence-electron chi connectivity index (χ2n) is 8.68. The van der Waals surface area contributed by atoms with E-state index in [2.05, 4.69) is 20.5 Å². The maximum Gasteiger partial charge on any atom is 0.251 e. The first-order chi connectivity index (χ1) is 15.5. The number of alkyl halides is 1. The van der Waals surface area contributed by atoms with E-state index in [1.54, 1.807) is 24.3 Å². The van der Waals surface area contributed by atoms with Crippen LogP contribution in [0.2, 0.25) is 0 Å². The monoisotopic (exact) mass is 440 g/mol. The molecule has 0 atom stereocenters. The summed E-state index contributed by atoms with van der Waals surface area (Å²) in [7, 11) is 0. The number of nitrogens with one attached hydrogen (secondary N) is 2. The van der Waals surface area contributed by atoms with Gasteiger partial charge in [0.1, 0.15) is 12.4 Å². The molecule has 3 N–H and O–H groups in total. The first-order valence-corrected chi connectivity index (χ1v) is 11.1. The molecule has 32 heavy (non-hydrogen) atoms. The summed E-state index contributed by atoms with van der Waals surface area (Å²) in [5.74, 6) is 0.0387. The first-order valence-electron chi connectivity index (χ1n) is 11.1. The van der Waals surface area contributed by atoms with E-state index in [1.807, 2.05) is 6.07 Å². The maximum absolute atomic E-state index is 12.7. The van der Waals surface area contributed by atoms with Crippen molar-refractivity contribution in [2.75, 3.05) is 19.6 Å². The van der Waals surface area contributed by atoms with Gasteiger partial charge in [-0.1, -0.05) is 12.1 Å². The molecule has 1 aromatic heterocycles. The molecule has 0 unspecified atom stereocenters. The third kappa shape index (κ3) is 5.43. The van der Waals surface area contributed by atoms with Crippen molar-refractivity contribution in [2.24, 2.45) is 0 Å². The van der Waals surface area contributed by atoms with Gasteiger partial charge in [-0.3, -0.25) is 19.5 Å². The fourth-order valence-electron chi connectivity index (χ4n) is 4.61. The van der Waals surface area contributed by atoms with Crippen LogP contribution in [0.1, 0.15) is 53.2 Å². The average Bonchev–Trinajstić information content (AvgIpc) is 2.80. The summed E-state index contributed by atoms with van der Waals surface area (Å²) in [5.41, 5.74) is 1.83. The van der Waals surface area contributed by atoms with E-state index in [-0.39, 0.29) is 30.2 Å². The fourth-order valence-corrected chi connectivity index (χ4v) is 4.61. The summed E-state index contributed by atoms with van der Waals surface area (Å²) < 4.78 is 12.7. The minimum atomic E-state index is -0.630. The summed E-state index contributed by atoms with van der Waals surface area (Å²) in [5, 5.41) is 15.0. The van der Waals surface area contributed by atoms with Gasteiger partial charge in [0.15, 0.2) is 0 Å². The number of rotatable bonds is 7. The Hall–Kier alpha value is -3.00. The van der Waals surface area contributed by atoms with Gasteiger partial charge in [0.05, 0.1) is 18.8 Å².